The zero-order chi connectivity index (χ0) is 18.1. The number of benzene rings is 1. The zero-order valence-electron chi connectivity index (χ0n) is 14.9. The van der Waals surface area contributed by atoms with Crippen LogP contribution in [0.25, 0.3) is 0 Å². The molecule has 2 aromatic rings. The van der Waals surface area contributed by atoms with E-state index in [-0.39, 0.29) is 17.5 Å². The Balaban J connectivity index is 1.57. The summed E-state index contributed by atoms with van der Waals surface area (Å²) >= 11 is 0. The minimum atomic E-state index is -2.94. The van der Waals surface area contributed by atoms with Crippen LogP contribution in [-0.2, 0) is 22.8 Å². The Morgan fingerprint density at radius 1 is 1.27 bits per heavy atom. The number of rotatable bonds is 4. The van der Waals surface area contributed by atoms with Crippen LogP contribution in [0.1, 0.15) is 24.5 Å². The molecular formula is C18H23N5O2S. The fraction of sp³-hybridized carbons (Fsp3) is 0.500. The molecular weight excluding hydrogens is 350 g/mol. The van der Waals surface area contributed by atoms with E-state index < -0.39 is 9.84 Å². The maximum Gasteiger partial charge on any atom is 0.247 e. The highest BCUT2D eigenvalue weighted by molar-refractivity contribution is 7.91. The van der Waals surface area contributed by atoms with E-state index in [4.69, 9.17) is 4.98 Å². The third-order valence-electron chi connectivity index (χ3n) is 5.23. The van der Waals surface area contributed by atoms with Crippen molar-refractivity contribution in [2.24, 2.45) is 0 Å². The summed E-state index contributed by atoms with van der Waals surface area (Å²) in [7, 11) is -2.94. The molecule has 0 saturated carbocycles. The van der Waals surface area contributed by atoms with Crippen LogP contribution in [0.15, 0.2) is 30.5 Å². The van der Waals surface area contributed by atoms with Gasteiger partial charge in [0.05, 0.1) is 17.7 Å². The Hall–Kier alpha value is -2.22. The molecule has 0 amide bonds. The standard InChI is InChI=1S/C18H23N5O2S/c1-2-23(16-8-10-26(24,25)13-16)17-11-19-21-18(20-17)22-9-7-14-5-3-4-6-15(14)12-22/h3-6,11,16H,2,7-10,12-13H2,1H3. The van der Waals surface area contributed by atoms with Gasteiger partial charge in [0.1, 0.15) is 0 Å². The molecule has 4 rings (SSSR count). The average Bonchev–Trinajstić information content (AvgIpc) is 3.02. The Morgan fingerprint density at radius 2 is 2.08 bits per heavy atom. The van der Waals surface area contributed by atoms with Crippen molar-refractivity contribution in [1.29, 1.82) is 0 Å². The first-order valence-electron chi connectivity index (χ1n) is 9.04. The lowest BCUT2D eigenvalue weighted by atomic mass is 10.0. The third-order valence-corrected chi connectivity index (χ3v) is 6.98. The van der Waals surface area contributed by atoms with Crippen LogP contribution in [0.2, 0.25) is 0 Å². The number of sulfone groups is 1. The monoisotopic (exact) mass is 373 g/mol. The molecule has 0 radical (unpaired) electrons. The Bertz CT molecular complexity index is 902. The Labute approximate surface area is 154 Å². The molecule has 1 aromatic carbocycles. The quantitative estimate of drug-likeness (QED) is 0.802. The highest BCUT2D eigenvalue weighted by Gasteiger charge is 2.32. The van der Waals surface area contributed by atoms with Crippen LogP contribution in [0.4, 0.5) is 11.8 Å². The van der Waals surface area contributed by atoms with Crippen LogP contribution >= 0.6 is 0 Å². The lowest BCUT2D eigenvalue weighted by Gasteiger charge is -2.31. The van der Waals surface area contributed by atoms with Crippen molar-refractivity contribution in [2.75, 3.05) is 34.4 Å². The summed E-state index contributed by atoms with van der Waals surface area (Å²) in [6.07, 6.45) is 3.24. The van der Waals surface area contributed by atoms with Crippen LogP contribution in [0, 0.1) is 0 Å². The van der Waals surface area contributed by atoms with Crippen molar-refractivity contribution in [1.82, 2.24) is 15.2 Å². The maximum absolute atomic E-state index is 11.8. The van der Waals surface area contributed by atoms with Gasteiger partial charge in [-0.25, -0.2) is 8.42 Å². The van der Waals surface area contributed by atoms with Gasteiger partial charge in [0, 0.05) is 25.7 Å². The first-order chi connectivity index (χ1) is 12.6. The molecule has 8 heteroatoms. The summed E-state index contributed by atoms with van der Waals surface area (Å²) in [6, 6.07) is 8.40. The highest BCUT2D eigenvalue weighted by Crippen LogP contribution is 2.25. The molecule has 1 aromatic heterocycles. The van der Waals surface area contributed by atoms with E-state index in [0.717, 1.165) is 19.5 Å². The Morgan fingerprint density at radius 3 is 2.81 bits per heavy atom. The summed E-state index contributed by atoms with van der Waals surface area (Å²) in [5, 5.41) is 8.37. The average molecular weight is 373 g/mol. The van der Waals surface area contributed by atoms with E-state index in [2.05, 4.69) is 39.4 Å². The van der Waals surface area contributed by atoms with Gasteiger partial charge >= 0.3 is 0 Å². The second kappa shape index (κ2) is 6.83. The van der Waals surface area contributed by atoms with Crippen LogP contribution in [-0.4, -0.2) is 54.2 Å². The molecule has 0 spiro atoms. The molecule has 1 fully saturated rings. The number of fused-ring (bicyclic) bond motifs is 1. The van der Waals surface area contributed by atoms with Crippen LogP contribution < -0.4 is 9.80 Å². The second-order valence-electron chi connectivity index (χ2n) is 6.90. The molecule has 7 nitrogen and oxygen atoms in total. The van der Waals surface area contributed by atoms with Crippen LogP contribution in [0.5, 0.6) is 0 Å². The van der Waals surface area contributed by atoms with E-state index in [1.807, 2.05) is 11.8 Å². The number of aromatic nitrogens is 3. The SMILES string of the molecule is CCN(c1cnnc(N2CCc3ccccc3C2)n1)C1CCS(=O)(=O)C1. The predicted molar refractivity (Wildman–Crippen MR) is 101 cm³/mol. The van der Waals surface area contributed by atoms with Crippen molar-refractivity contribution in [3.05, 3.63) is 41.6 Å². The summed E-state index contributed by atoms with van der Waals surface area (Å²) in [4.78, 5) is 8.90. The minimum absolute atomic E-state index is 0.0309. The number of anilines is 2. The molecule has 1 unspecified atom stereocenters. The van der Waals surface area contributed by atoms with Crippen molar-refractivity contribution in [3.8, 4) is 0 Å². The molecule has 0 bridgehead atoms. The molecule has 2 aliphatic rings. The smallest absolute Gasteiger partial charge is 0.247 e. The largest absolute Gasteiger partial charge is 0.351 e. The first kappa shape index (κ1) is 17.2. The highest BCUT2D eigenvalue weighted by atomic mass is 32.2. The van der Waals surface area contributed by atoms with Crippen molar-refractivity contribution in [3.63, 3.8) is 0 Å². The topological polar surface area (TPSA) is 79.3 Å². The van der Waals surface area contributed by atoms with E-state index >= 15 is 0 Å². The number of nitrogens with zero attached hydrogens (tertiary/aromatic N) is 5. The fourth-order valence-corrected chi connectivity index (χ4v) is 5.58. The number of hydrogen-bond donors (Lipinski definition) is 0. The van der Waals surface area contributed by atoms with Gasteiger partial charge in [0.15, 0.2) is 15.7 Å². The van der Waals surface area contributed by atoms with Gasteiger partial charge in [0.25, 0.3) is 0 Å². The second-order valence-corrected chi connectivity index (χ2v) is 9.13. The summed E-state index contributed by atoms with van der Waals surface area (Å²) in [5.74, 6) is 1.76. The van der Waals surface area contributed by atoms with Gasteiger partial charge in [0.2, 0.25) is 5.95 Å². The lowest BCUT2D eigenvalue weighted by Crippen LogP contribution is -2.38. The van der Waals surface area contributed by atoms with E-state index in [9.17, 15) is 8.42 Å². The molecule has 3 heterocycles. The third kappa shape index (κ3) is 3.38. The number of hydrogen-bond acceptors (Lipinski definition) is 7. The molecule has 1 saturated heterocycles. The van der Waals surface area contributed by atoms with Gasteiger partial charge in [-0.15, -0.1) is 5.10 Å². The predicted octanol–water partition coefficient (Wildman–Crippen LogP) is 1.45. The van der Waals surface area contributed by atoms with E-state index in [0.29, 0.717) is 24.7 Å². The molecule has 0 N–H and O–H groups in total. The van der Waals surface area contributed by atoms with Gasteiger partial charge in [-0.1, -0.05) is 24.3 Å². The van der Waals surface area contributed by atoms with Crippen molar-refractivity contribution < 1.29 is 8.42 Å². The normalized spacial score (nSPS) is 21.4. The van der Waals surface area contributed by atoms with Crippen LogP contribution in [0.3, 0.4) is 0 Å². The van der Waals surface area contributed by atoms with Gasteiger partial charge < -0.3 is 9.80 Å². The summed E-state index contributed by atoms with van der Waals surface area (Å²) in [5.41, 5.74) is 2.67. The maximum atomic E-state index is 11.8. The van der Waals surface area contributed by atoms with Crippen molar-refractivity contribution >= 4 is 21.6 Å². The molecule has 2 aliphatic heterocycles. The summed E-state index contributed by atoms with van der Waals surface area (Å²) in [6.45, 7) is 4.34. The lowest BCUT2D eigenvalue weighted by molar-refractivity contribution is 0.599. The molecule has 26 heavy (non-hydrogen) atoms. The molecule has 138 valence electrons. The minimum Gasteiger partial charge on any atom is -0.351 e. The van der Waals surface area contributed by atoms with Crippen molar-refractivity contribution in [2.45, 2.75) is 32.4 Å². The van der Waals surface area contributed by atoms with E-state index in [1.54, 1.807) is 6.20 Å². The van der Waals surface area contributed by atoms with Gasteiger partial charge in [-0.05, 0) is 30.9 Å². The van der Waals surface area contributed by atoms with Gasteiger partial charge in [-0.3, -0.25) is 0 Å². The van der Waals surface area contributed by atoms with Gasteiger partial charge in [-0.2, -0.15) is 10.1 Å². The zero-order valence-corrected chi connectivity index (χ0v) is 15.7. The summed E-state index contributed by atoms with van der Waals surface area (Å²) < 4.78 is 23.7. The Kier molecular flexibility index (Phi) is 4.52. The molecule has 1 atom stereocenters. The first-order valence-corrected chi connectivity index (χ1v) is 10.9. The fourth-order valence-electron chi connectivity index (χ4n) is 3.85. The van der Waals surface area contributed by atoms with E-state index in [1.165, 1.54) is 11.1 Å². The molecule has 0 aliphatic carbocycles.